The van der Waals surface area contributed by atoms with Crippen LogP contribution in [0.2, 0.25) is 0 Å². The van der Waals surface area contributed by atoms with Crippen molar-refractivity contribution in [2.45, 2.75) is 52.1 Å². The van der Waals surface area contributed by atoms with E-state index in [-0.39, 0.29) is 5.91 Å². The molecule has 8 nitrogen and oxygen atoms in total. The Morgan fingerprint density at radius 1 is 1.27 bits per heavy atom. The molecule has 0 unspecified atom stereocenters. The summed E-state index contributed by atoms with van der Waals surface area (Å²) in [5.74, 6) is 2.51. The Kier molecular flexibility index (Phi) is 6.38. The van der Waals surface area contributed by atoms with Crippen molar-refractivity contribution < 1.29 is 9.53 Å². The Hall–Kier alpha value is -2.22. The zero-order chi connectivity index (χ0) is 18.4. The van der Waals surface area contributed by atoms with Crippen LogP contribution in [0.1, 0.15) is 50.7 Å². The van der Waals surface area contributed by atoms with E-state index in [0.717, 1.165) is 44.1 Å². The molecule has 3 heterocycles. The van der Waals surface area contributed by atoms with E-state index < -0.39 is 0 Å². The molecule has 2 aromatic rings. The van der Waals surface area contributed by atoms with Gasteiger partial charge in [-0.25, -0.2) is 0 Å². The molecule has 1 amide bonds. The Morgan fingerprint density at radius 3 is 2.73 bits per heavy atom. The first kappa shape index (κ1) is 18.6. The van der Waals surface area contributed by atoms with Crippen LogP contribution in [0.25, 0.3) is 0 Å². The third-order valence-electron chi connectivity index (χ3n) is 4.91. The topological polar surface area (TPSA) is 78.1 Å². The van der Waals surface area contributed by atoms with Crippen LogP contribution in [-0.4, -0.2) is 61.7 Å². The van der Waals surface area contributed by atoms with Crippen LogP contribution in [0.4, 0.5) is 0 Å². The molecule has 0 bridgehead atoms. The van der Waals surface area contributed by atoms with Crippen molar-refractivity contribution in [2.24, 2.45) is 0 Å². The van der Waals surface area contributed by atoms with E-state index in [0.29, 0.717) is 32.1 Å². The summed E-state index contributed by atoms with van der Waals surface area (Å²) in [6.07, 6.45) is 6.03. The number of likely N-dealkylation sites (tertiary alicyclic amines) is 1. The molecular formula is C18H28N6O2. The number of hydrogen-bond donors (Lipinski definition) is 0. The van der Waals surface area contributed by atoms with Crippen molar-refractivity contribution in [3.05, 3.63) is 30.1 Å². The van der Waals surface area contributed by atoms with Crippen molar-refractivity contribution in [2.75, 3.05) is 26.3 Å². The van der Waals surface area contributed by atoms with Gasteiger partial charge in [0.05, 0.1) is 13.0 Å². The molecule has 1 fully saturated rings. The fourth-order valence-electron chi connectivity index (χ4n) is 3.50. The van der Waals surface area contributed by atoms with Crippen LogP contribution in [0.3, 0.4) is 0 Å². The minimum absolute atomic E-state index is 0.188. The van der Waals surface area contributed by atoms with Gasteiger partial charge in [0.2, 0.25) is 5.91 Å². The lowest BCUT2D eigenvalue weighted by molar-refractivity contribution is -0.133. The molecule has 1 saturated heterocycles. The Morgan fingerprint density at radius 2 is 2.08 bits per heavy atom. The fourth-order valence-corrected chi connectivity index (χ4v) is 3.50. The van der Waals surface area contributed by atoms with Crippen LogP contribution in [0, 0.1) is 0 Å². The van der Waals surface area contributed by atoms with E-state index >= 15 is 0 Å². The molecule has 3 rings (SSSR count). The summed E-state index contributed by atoms with van der Waals surface area (Å²) in [5, 5.41) is 13.1. The maximum Gasteiger partial charge on any atom is 0.224 e. The number of aromatic nitrogens is 5. The largest absolute Gasteiger partial charge is 0.381 e. The number of nitrogens with zero attached hydrogens (tertiary/aromatic N) is 6. The predicted molar refractivity (Wildman–Crippen MR) is 96.7 cm³/mol. The Balaban J connectivity index is 1.59. The van der Waals surface area contributed by atoms with Gasteiger partial charge in [-0.15, -0.1) is 10.2 Å². The molecular weight excluding hydrogens is 332 g/mol. The third kappa shape index (κ3) is 4.30. The smallest absolute Gasteiger partial charge is 0.224 e. The van der Waals surface area contributed by atoms with E-state index in [4.69, 9.17) is 4.74 Å². The van der Waals surface area contributed by atoms with Gasteiger partial charge >= 0.3 is 0 Å². The van der Waals surface area contributed by atoms with E-state index in [1.54, 1.807) is 6.20 Å². The molecule has 0 N–H and O–H groups in total. The first-order valence-corrected chi connectivity index (χ1v) is 9.47. The quantitative estimate of drug-likeness (QED) is 0.669. The molecule has 8 heteroatoms. The highest BCUT2D eigenvalue weighted by Crippen LogP contribution is 2.27. The number of rotatable bonds is 8. The zero-order valence-electron chi connectivity index (χ0n) is 15.7. The second-order valence-corrected chi connectivity index (χ2v) is 6.52. The van der Waals surface area contributed by atoms with Crippen LogP contribution < -0.4 is 0 Å². The summed E-state index contributed by atoms with van der Waals surface area (Å²) in [7, 11) is 0. The number of piperidine rings is 1. The van der Waals surface area contributed by atoms with Gasteiger partial charge in [-0.1, -0.05) is 0 Å². The lowest BCUT2D eigenvalue weighted by Gasteiger charge is -2.31. The SMILES string of the molecule is CCOCCC(=O)N1CCC(c2nnc(Cn3cccn3)n2CC)CC1. The highest BCUT2D eigenvalue weighted by atomic mass is 16.5. The summed E-state index contributed by atoms with van der Waals surface area (Å²) >= 11 is 0. The van der Waals surface area contributed by atoms with Crippen molar-refractivity contribution in [3.8, 4) is 0 Å². The predicted octanol–water partition coefficient (Wildman–Crippen LogP) is 1.68. The normalized spacial score (nSPS) is 15.5. The first-order chi connectivity index (χ1) is 12.7. The Bertz CT molecular complexity index is 689. The van der Waals surface area contributed by atoms with Crippen molar-refractivity contribution >= 4 is 5.91 Å². The first-order valence-electron chi connectivity index (χ1n) is 9.47. The number of hydrogen-bond acceptors (Lipinski definition) is 5. The molecule has 0 aromatic carbocycles. The molecule has 0 atom stereocenters. The summed E-state index contributed by atoms with van der Waals surface area (Å²) in [6, 6.07) is 1.91. The summed E-state index contributed by atoms with van der Waals surface area (Å²) in [4.78, 5) is 14.2. The van der Waals surface area contributed by atoms with E-state index in [9.17, 15) is 4.79 Å². The maximum atomic E-state index is 12.2. The Labute approximate surface area is 154 Å². The fraction of sp³-hybridized carbons (Fsp3) is 0.667. The van der Waals surface area contributed by atoms with Gasteiger partial charge in [-0.05, 0) is 32.8 Å². The second-order valence-electron chi connectivity index (χ2n) is 6.52. The lowest BCUT2D eigenvalue weighted by Crippen LogP contribution is -2.38. The number of carbonyl (C=O) groups excluding carboxylic acids is 1. The molecule has 0 spiro atoms. The summed E-state index contributed by atoms with van der Waals surface area (Å²) in [5.41, 5.74) is 0. The van der Waals surface area contributed by atoms with Crippen molar-refractivity contribution in [3.63, 3.8) is 0 Å². The average Bonchev–Trinajstić information content (AvgIpc) is 3.32. The van der Waals surface area contributed by atoms with Gasteiger partial charge < -0.3 is 14.2 Å². The van der Waals surface area contributed by atoms with E-state index in [1.165, 1.54) is 0 Å². The third-order valence-corrected chi connectivity index (χ3v) is 4.91. The number of amides is 1. The minimum atomic E-state index is 0.188. The summed E-state index contributed by atoms with van der Waals surface area (Å²) < 4.78 is 9.34. The number of carbonyl (C=O) groups is 1. The monoisotopic (exact) mass is 360 g/mol. The van der Waals surface area contributed by atoms with Crippen LogP contribution in [0.15, 0.2) is 18.5 Å². The lowest BCUT2D eigenvalue weighted by atomic mass is 9.95. The zero-order valence-corrected chi connectivity index (χ0v) is 15.7. The molecule has 1 aliphatic rings. The average molecular weight is 360 g/mol. The van der Waals surface area contributed by atoms with Crippen LogP contribution >= 0.6 is 0 Å². The van der Waals surface area contributed by atoms with Crippen LogP contribution in [-0.2, 0) is 22.6 Å². The van der Waals surface area contributed by atoms with Gasteiger partial charge in [0.1, 0.15) is 12.4 Å². The van der Waals surface area contributed by atoms with Gasteiger partial charge in [-0.3, -0.25) is 9.48 Å². The van der Waals surface area contributed by atoms with Crippen molar-refractivity contribution in [1.29, 1.82) is 0 Å². The van der Waals surface area contributed by atoms with E-state index in [1.807, 2.05) is 28.8 Å². The highest BCUT2D eigenvalue weighted by molar-refractivity contribution is 5.76. The van der Waals surface area contributed by atoms with Gasteiger partial charge in [0.25, 0.3) is 0 Å². The van der Waals surface area contributed by atoms with E-state index in [2.05, 4.69) is 26.8 Å². The molecule has 0 radical (unpaired) electrons. The summed E-state index contributed by atoms with van der Waals surface area (Å²) in [6.45, 7) is 8.25. The molecule has 2 aromatic heterocycles. The van der Waals surface area contributed by atoms with Gasteiger partial charge in [-0.2, -0.15) is 5.10 Å². The van der Waals surface area contributed by atoms with Gasteiger partial charge in [0, 0.05) is 44.6 Å². The molecule has 1 aliphatic heterocycles. The second kappa shape index (κ2) is 8.93. The molecule has 142 valence electrons. The number of ether oxygens (including phenoxy) is 1. The van der Waals surface area contributed by atoms with Crippen molar-refractivity contribution in [1.82, 2.24) is 29.4 Å². The maximum absolute atomic E-state index is 12.2. The molecule has 26 heavy (non-hydrogen) atoms. The minimum Gasteiger partial charge on any atom is -0.381 e. The van der Waals surface area contributed by atoms with Gasteiger partial charge in [0.15, 0.2) is 5.82 Å². The van der Waals surface area contributed by atoms with Crippen LogP contribution in [0.5, 0.6) is 0 Å². The molecule has 0 aliphatic carbocycles. The highest BCUT2D eigenvalue weighted by Gasteiger charge is 2.27. The molecule has 0 saturated carbocycles. The standard InChI is InChI=1S/C18H28N6O2/c1-3-24-16(14-23-10-5-9-19-23)20-21-18(24)15-6-11-22(12-7-15)17(25)8-13-26-4-2/h5,9-10,15H,3-4,6-8,11-14H2,1-2H3.